The van der Waals surface area contributed by atoms with Crippen LogP contribution in [0, 0.1) is 6.92 Å². The van der Waals surface area contributed by atoms with Gasteiger partial charge in [0.1, 0.15) is 5.60 Å². The number of carbonyl (C=O) groups is 1. The van der Waals surface area contributed by atoms with Crippen LogP contribution < -0.4 is 11.1 Å². The molecule has 0 aliphatic heterocycles. The molecule has 0 saturated carbocycles. The SMILES string of the molecule is Cc1cccc(NC(=O)OC(C)(C)C)c1CN. The van der Waals surface area contributed by atoms with Crippen LogP contribution in [0.1, 0.15) is 31.9 Å². The van der Waals surface area contributed by atoms with Crippen LogP contribution in [-0.2, 0) is 11.3 Å². The second-order valence-corrected chi connectivity index (χ2v) is 4.93. The van der Waals surface area contributed by atoms with Crippen molar-refractivity contribution in [2.45, 2.75) is 39.8 Å². The number of hydrogen-bond donors (Lipinski definition) is 2. The van der Waals surface area contributed by atoms with Crippen molar-refractivity contribution < 1.29 is 9.53 Å². The molecule has 4 heteroatoms. The lowest BCUT2D eigenvalue weighted by Gasteiger charge is -2.20. The Morgan fingerprint density at radius 2 is 2.06 bits per heavy atom. The van der Waals surface area contributed by atoms with Crippen molar-refractivity contribution in [3.05, 3.63) is 29.3 Å². The molecule has 1 rings (SSSR count). The van der Waals surface area contributed by atoms with Gasteiger partial charge in [-0.2, -0.15) is 0 Å². The van der Waals surface area contributed by atoms with Crippen LogP contribution in [0.2, 0.25) is 0 Å². The Morgan fingerprint density at radius 3 is 2.59 bits per heavy atom. The van der Waals surface area contributed by atoms with E-state index in [0.29, 0.717) is 12.2 Å². The third kappa shape index (κ3) is 4.07. The van der Waals surface area contributed by atoms with E-state index in [1.165, 1.54) is 0 Å². The molecule has 1 amide bonds. The first-order valence-corrected chi connectivity index (χ1v) is 5.62. The number of amides is 1. The van der Waals surface area contributed by atoms with Gasteiger partial charge in [0, 0.05) is 12.2 Å². The van der Waals surface area contributed by atoms with Crippen LogP contribution in [0.15, 0.2) is 18.2 Å². The lowest BCUT2D eigenvalue weighted by Crippen LogP contribution is -2.27. The Bertz CT molecular complexity index is 408. The lowest BCUT2D eigenvalue weighted by atomic mass is 10.1. The van der Waals surface area contributed by atoms with Crippen LogP contribution in [0.5, 0.6) is 0 Å². The highest BCUT2D eigenvalue weighted by Crippen LogP contribution is 2.19. The molecule has 1 aromatic carbocycles. The summed E-state index contributed by atoms with van der Waals surface area (Å²) in [6.45, 7) is 7.83. The summed E-state index contributed by atoms with van der Waals surface area (Å²) in [4.78, 5) is 11.6. The summed E-state index contributed by atoms with van der Waals surface area (Å²) in [7, 11) is 0. The molecule has 4 nitrogen and oxygen atoms in total. The van der Waals surface area contributed by atoms with E-state index in [-0.39, 0.29) is 0 Å². The van der Waals surface area contributed by atoms with Crippen molar-refractivity contribution in [2.75, 3.05) is 5.32 Å². The lowest BCUT2D eigenvalue weighted by molar-refractivity contribution is 0.0636. The normalized spacial score (nSPS) is 11.1. The molecule has 0 spiro atoms. The van der Waals surface area contributed by atoms with Gasteiger partial charge in [-0.3, -0.25) is 5.32 Å². The number of benzene rings is 1. The molecule has 1 aromatic rings. The maximum absolute atomic E-state index is 11.6. The number of ether oxygens (including phenoxy) is 1. The summed E-state index contributed by atoms with van der Waals surface area (Å²) in [5.74, 6) is 0. The molecule has 0 unspecified atom stereocenters. The van der Waals surface area contributed by atoms with Crippen molar-refractivity contribution >= 4 is 11.8 Å². The van der Waals surface area contributed by atoms with Gasteiger partial charge in [-0.1, -0.05) is 12.1 Å². The van der Waals surface area contributed by atoms with E-state index in [1.807, 2.05) is 45.9 Å². The molecule has 0 aliphatic rings. The van der Waals surface area contributed by atoms with Gasteiger partial charge in [0.15, 0.2) is 0 Å². The molecule has 17 heavy (non-hydrogen) atoms. The number of nitrogens with two attached hydrogens (primary N) is 1. The third-order valence-electron chi connectivity index (χ3n) is 2.25. The largest absolute Gasteiger partial charge is 0.444 e. The highest BCUT2D eigenvalue weighted by molar-refractivity contribution is 5.86. The van der Waals surface area contributed by atoms with Gasteiger partial charge in [-0.15, -0.1) is 0 Å². The van der Waals surface area contributed by atoms with Crippen LogP contribution in [-0.4, -0.2) is 11.7 Å². The van der Waals surface area contributed by atoms with Crippen LogP contribution in [0.4, 0.5) is 10.5 Å². The molecule has 0 aromatic heterocycles. The minimum Gasteiger partial charge on any atom is -0.444 e. The van der Waals surface area contributed by atoms with Gasteiger partial charge in [0.05, 0.1) is 0 Å². The van der Waals surface area contributed by atoms with Gasteiger partial charge in [-0.25, -0.2) is 4.79 Å². The highest BCUT2D eigenvalue weighted by Gasteiger charge is 2.17. The molecular weight excluding hydrogens is 216 g/mol. The second-order valence-electron chi connectivity index (χ2n) is 4.93. The molecular formula is C13H20N2O2. The first kappa shape index (κ1) is 13.5. The number of hydrogen-bond acceptors (Lipinski definition) is 3. The van der Waals surface area contributed by atoms with Crippen molar-refractivity contribution in [1.29, 1.82) is 0 Å². The van der Waals surface area contributed by atoms with Crippen molar-refractivity contribution in [1.82, 2.24) is 0 Å². The minimum absolute atomic E-state index is 0.387. The summed E-state index contributed by atoms with van der Waals surface area (Å²) in [5, 5.41) is 2.72. The average molecular weight is 236 g/mol. The van der Waals surface area contributed by atoms with Gasteiger partial charge >= 0.3 is 6.09 Å². The predicted octanol–water partition coefficient (Wildman–Crippen LogP) is 2.80. The summed E-state index contributed by atoms with van der Waals surface area (Å²) >= 11 is 0. The van der Waals surface area contributed by atoms with Crippen molar-refractivity contribution in [3.63, 3.8) is 0 Å². The van der Waals surface area contributed by atoms with Crippen LogP contribution in [0.25, 0.3) is 0 Å². The first-order valence-electron chi connectivity index (χ1n) is 5.62. The highest BCUT2D eigenvalue weighted by atomic mass is 16.6. The smallest absolute Gasteiger partial charge is 0.412 e. The number of aryl methyl sites for hydroxylation is 1. The number of carbonyl (C=O) groups excluding carboxylic acids is 1. The fourth-order valence-corrected chi connectivity index (χ4v) is 1.50. The molecule has 0 aliphatic carbocycles. The van der Waals surface area contributed by atoms with E-state index >= 15 is 0 Å². The third-order valence-corrected chi connectivity index (χ3v) is 2.25. The fraction of sp³-hybridized carbons (Fsp3) is 0.462. The summed E-state index contributed by atoms with van der Waals surface area (Å²) in [6, 6.07) is 5.66. The fourth-order valence-electron chi connectivity index (χ4n) is 1.50. The topological polar surface area (TPSA) is 64.3 Å². The van der Waals surface area contributed by atoms with E-state index < -0.39 is 11.7 Å². The Balaban J connectivity index is 2.82. The number of rotatable bonds is 2. The number of anilines is 1. The van der Waals surface area contributed by atoms with Gasteiger partial charge < -0.3 is 10.5 Å². The zero-order valence-corrected chi connectivity index (χ0v) is 10.8. The standard InChI is InChI=1S/C13H20N2O2/c1-9-6-5-7-11(10(9)8-14)15-12(16)17-13(2,3)4/h5-7H,8,14H2,1-4H3,(H,15,16). The average Bonchev–Trinajstić information content (AvgIpc) is 2.14. The van der Waals surface area contributed by atoms with E-state index in [2.05, 4.69) is 5.32 Å². The zero-order valence-electron chi connectivity index (χ0n) is 10.8. The maximum Gasteiger partial charge on any atom is 0.412 e. The zero-order chi connectivity index (χ0) is 13.1. The van der Waals surface area contributed by atoms with Gasteiger partial charge in [-0.05, 0) is 44.9 Å². The summed E-state index contributed by atoms with van der Waals surface area (Å²) < 4.78 is 5.19. The van der Waals surface area contributed by atoms with Crippen molar-refractivity contribution in [3.8, 4) is 0 Å². The monoisotopic (exact) mass is 236 g/mol. The summed E-state index contributed by atoms with van der Waals surface area (Å²) in [5.41, 5.74) is 7.85. The van der Waals surface area contributed by atoms with E-state index in [0.717, 1.165) is 11.1 Å². The Hall–Kier alpha value is -1.55. The Labute approximate surface area is 102 Å². The van der Waals surface area contributed by atoms with E-state index in [1.54, 1.807) is 0 Å². The van der Waals surface area contributed by atoms with Crippen molar-refractivity contribution in [2.24, 2.45) is 5.73 Å². The molecule has 0 bridgehead atoms. The van der Waals surface area contributed by atoms with Crippen LogP contribution in [0.3, 0.4) is 0 Å². The Morgan fingerprint density at radius 1 is 1.41 bits per heavy atom. The number of nitrogens with one attached hydrogen (secondary N) is 1. The Kier molecular flexibility index (Phi) is 4.12. The first-order chi connectivity index (χ1) is 7.83. The van der Waals surface area contributed by atoms with Crippen LogP contribution >= 0.6 is 0 Å². The summed E-state index contributed by atoms with van der Waals surface area (Å²) in [6.07, 6.45) is -0.460. The minimum atomic E-state index is -0.503. The molecule has 0 saturated heterocycles. The quantitative estimate of drug-likeness (QED) is 0.829. The molecule has 0 radical (unpaired) electrons. The van der Waals surface area contributed by atoms with Gasteiger partial charge in [0.25, 0.3) is 0 Å². The van der Waals surface area contributed by atoms with E-state index in [9.17, 15) is 4.79 Å². The van der Waals surface area contributed by atoms with Gasteiger partial charge in [0.2, 0.25) is 0 Å². The second kappa shape index (κ2) is 5.19. The molecule has 0 fully saturated rings. The van der Waals surface area contributed by atoms with E-state index in [4.69, 9.17) is 10.5 Å². The molecule has 0 heterocycles. The molecule has 3 N–H and O–H groups in total. The molecule has 0 atom stereocenters. The predicted molar refractivity (Wildman–Crippen MR) is 68.9 cm³/mol. The molecule has 94 valence electrons. The maximum atomic E-state index is 11.6.